The van der Waals surface area contributed by atoms with Crippen molar-refractivity contribution < 1.29 is 9.18 Å². The molecule has 28 heavy (non-hydrogen) atoms. The number of rotatable bonds is 5. The summed E-state index contributed by atoms with van der Waals surface area (Å²) in [5.41, 5.74) is 5.79. The summed E-state index contributed by atoms with van der Waals surface area (Å²) in [4.78, 5) is 15.7. The number of aromatic amines is 1. The quantitative estimate of drug-likeness (QED) is 0.493. The molecular formula is C24H21FN2O. The number of hydrogen-bond acceptors (Lipinski definition) is 1. The van der Waals surface area contributed by atoms with E-state index in [2.05, 4.69) is 35.4 Å². The molecule has 0 saturated heterocycles. The molecular weight excluding hydrogens is 351 g/mol. The predicted octanol–water partition coefficient (Wildman–Crippen LogP) is 5.25. The van der Waals surface area contributed by atoms with Crippen molar-refractivity contribution in [3.8, 4) is 11.1 Å². The van der Waals surface area contributed by atoms with Gasteiger partial charge in [-0.05, 0) is 66.4 Å². The van der Waals surface area contributed by atoms with Crippen molar-refractivity contribution in [1.82, 2.24) is 10.3 Å². The minimum absolute atomic E-state index is 0.109. The number of amides is 1. The Balaban J connectivity index is 1.39. The Bertz CT molecular complexity index is 1130. The number of nitrogens with one attached hydrogen (secondary N) is 2. The van der Waals surface area contributed by atoms with Crippen LogP contribution in [0.5, 0.6) is 0 Å². The lowest BCUT2D eigenvalue weighted by atomic mass is 10.0. The van der Waals surface area contributed by atoms with Crippen LogP contribution >= 0.6 is 0 Å². The molecule has 0 bridgehead atoms. The molecule has 1 aromatic heterocycles. The highest BCUT2D eigenvalue weighted by molar-refractivity contribution is 5.94. The topological polar surface area (TPSA) is 44.9 Å². The minimum Gasteiger partial charge on any atom is -0.361 e. The van der Waals surface area contributed by atoms with Crippen molar-refractivity contribution in [3.05, 3.63) is 95.4 Å². The number of H-pyrrole nitrogens is 1. The zero-order valence-corrected chi connectivity index (χ0v) is 15.6. The first-order chi connectivity index (χ1) is 13.6. The van der Waals surface area contributed by atoms with Gasteiger partial charge in [0.25, 0.3) is 5.91 Å². The van der Waals surface area contributed by atoms with Crippen LogP contribution in [0.1, 0.15) is 21.5 Å². The first-order valence-corrected chi connectivity index (χ1v) is 9.31. The lowest BCUT2D eigenvalue weighted by Crippen LogP contribution is -2.25. The number of benzene rings is 3. The highest BCUT2D eigenvalue weighted by Crippen LogP contribution is 2.21. The van der Waals surface area contributed by atoms with Crippen molar-refractivity contribution in [2.24, 2.45) is 0 Å². The summed E-state index contributed by atoms with van der Waals surface area (Å²) in [7, 11) is 0. The highest BCUT2D eigenvalue weighted by atomic mass is 19.1. The Morgan fingerprint density at radius 1 is 1.00 bits per heavy atom. The number of halogens is 1. The number of hydrogen-bond donors (Lipinski definition) is 2. The van der Waals surface area contributed by atoms with Crippen LogP contribution in [0.2, 0.25) is 0 Å². The molecule has 0 aliphatic heterocycles. The van der Waals surface area contributed by atoms with Crippen LogP contribution in [0, 0.1) is 12.7 Å². The van der Waals surface area contributed by atoms with Crippen LogP contribution in [-0.2, 0) is 6.42 Å². The zero-order valence-electron chi connectivity index (χ0n) is 15.6. The van der Waals surface area contributed by atoms with Gasteiger partial charge in [-0.15, -0.1) is 0 Å². The summed E-state index contributed by atoms with van der Waals surface area (Å²) < 4.78 is 13.4. The minimum atomic E-state index is -0.271. The lowest BCUT2D eigenvalue weighted by molar-refractivity contribution is 0.0954. The van der Waals surface area contributed by atoms with E-state index < -0.39 is 0 Å². The third kappa shape index (κ3) is 3.81. The normalized spacial score (nSPS) is 10.9. The molecule has 0 aliphatic rings. The molecule has 0 aliphatic carbocycles. The number of aromatic nitrogens is 1. The Hall–Kier alpha value is -3.40. The fourth-order valence-corrected chi connectivity index (χ4v) is 3.39. The smallest absolute Gasteiger partial charge is 0.251 e. The molecule has 4 aromatic rings. The van der Waals surface area contributed by atoms with Crippen LogP contribution in [-0.4, -0.2) is 17.4 Å². The second kappa shape index (κ2) is 7.69. The van der Waals surface area contributed by atoms with E-state index in [-0.39, 0.29) is 11.7 Å². The molecule has 0 fully saturated rings. The van der Waals surface area contributed by atoms with E-state index in [1.54, 1.807) is 18.2 Å². The zero-order chi connectivity index (χ0) is 19.5. The molecule has 140 valence electrons. The summed E-state index contributed by atoms with van der Waals surface area (Å²) in [6, 6.07) is 20.0. The molecule has 0 radical (unpaired) electrons. The molecule has 0 unspecified atom stereocenters. The van der Waals surface area contributed by atoms with Gasteiger partial charge in [0.05, 0.1) is 0 Å². The average Bonchev–Trinajstić information content (AvgIpc) is 3.10. The van der Waals surface area contributed by atoms with Crippen molar-refractivity contribution >= 4 is 16.8 Å². The van der Waals surface area contributed by atoms with Gasteiger partial charge >= 0.3 is 0 Å². The molecule has 0 spiro atoms. The summed E-state index contributed by atoms with van der Waals surface area (Å²) in [6.45, 7) is 2.64. The summed E-state index contributed by atoms with van der Waals surface area (Å²) in [6.07, 6.45) is 2.76. The fourth-order valence-electron chi connectivity index (χ4n) is 3.39. The lowest BCUT2D eigenvalue weighted by Gasteiger charge is -2.07. The Morgan fingerprint density at radius 3 is 2.61 bits per heavy atom. The van der Waals surface area contributed by atoms with Crippen molar-refractivity contribution in [3.63, 3.8) is 0 Å². The SMILES string of the molecule is Cc1ccc2[nH]cc(CCNC(=O)c3ccc(-c4cccc(F)c4)cc3)c2c1. The van der Waals surface area contributed by atoms with Gasteiger partial charge in [0, 0.05) is 29.2 Å². The highest BCUT2D eigenvalue weighted by Gasteiger charge is 2.08. The van der Waals surface area contributed by atoms with Gasteiger partial charge in [-0.2, -0.15) is 0 Å². The number of carbonyl (C=O) groups excluding carboxylic acids is 1. The third-order valence-electron chi connectivity index (χ3n) is 4.91. The van der Waals surface area contributed by atoms with E-state index in [1.807, 2.05) is 24.4 Å². The van der Waals surface area contributed by atoms with Crippen LogP contribution in [0.25, 0.3) is 22.0 Å². The molecule has 3 nitrogen and oxygen atoms in total. The Morgan fingerprint density at radius 2 is 1.82 bits per heavy atom. The summed E-state index contributed by atoms with van der Waals surface area (Å²) in [5.74, 6) is -0.381. The van der Waals surface area contributed by atoms with Crippen LogP contribution in [0.4, 0.5) is 4.39 Å². The molecule has 4 rings (SSSR count). The first-order valence-electron chi connectivity index (χ1n) is 9.31. The maximum atomic E-state index is 13.4. The van der Waals surface area contributed by atoms with E-state index in [9.17, 15) is 9.18 Å². The molecule has 3 aromatic carbocycles. The van der Waals surface area contributed by atoms with Gasteiger partial charge in [-0.1, -0.05) is 35.9 Å². The van der Waals surface area contributed by atoms with Gasteiger partial charge in [0.2, 0.25) is 0 Å². The Labute approximate surface area is 163 Å². The van der Waals surface area contributed by atoms with Gasteiger partial charge < -0.3 is 10.3 Å². The van der Waals surface area contributed by atoms with Gasteiger partial charge in [0.1, 0.15) is 5.82 Å². The monoisotopic (exact) mass is 372 g/mol. The van der Waals surface area contributed by atoms with E-state index >= 15 is 0 Å². The third-order valence-corrected chi connectivity index (χ3v) is 4.91. The predicted molar refractivity (Wildman–Crippen MR) is 111 cm³/mol. The van der Waals surface area contributed by atoms with E-state index in [0.29, 0.717) is 12.1 Å². The molecule has 1 amide bonds. The maximum absolute atomic E-state index is 13.4. The molecule has 4 heteroatoms. The van der Waals surface area contributed by atoms with Crippen molar-refractivity contribution in [2.45, 2.75) is 13.3 Å². The first kappa shape index (κ1) is 18.0. The van der Waals surface area contributed by atoms with E-state index in [4.69, 9.17) is 0 Å². The van der Waals surface area contributed by atoms with Gasteiger partial charge in [0.15, 0.2) is 0 Å². The van der Waals surface area contributed by atoms with Crippen molar-refractivity contribution in [2.75, 3.05) is 6.54 Å². The second-order valence-electron chi connectivity index (χ2n) is 6.96. The molecule has 0 atom stereocenters. The molecule has 1 heterocycles. The van der Waals surface area contributed by atoms with Crippen LogP contribution in [0.3, 0.4) is 0 Å². The number of carbonyl (C=O) groups is 1. The van der Waals surface area contributed by atoms with Crippen LogP contribution < -0.4 is 5.32 Å². The Kier molecular flexibility index (Phi) is 4.94. The van der Waals surface area contributed by atoms with Crippen LogP contribution in [0.15, 0.2) is 72.9 Å². The largest absolute Gasteiger partial charge is 0.361 e. The number of fused-ring (bicyclic) bond motifs is 1. The summed E-state index contributed by atoms with van der Waals surface area (Å²) >= 11 is 0. The fraction of sp³-hybridized carbons (Fsp3) is 0.125. The van der Waals surface area contributed by atoms with E-state index in [0.717, 1.165) is 23.1 Å². The molecule has 0 saturated carbocycles. The van der Waals surface area contributed by atoms with Gasteiger partial charge in [-0.3, -0.25) is 4.79 Å². The maximum Gasteiger partial charge on any atom is 0.251 e. The number of aryl methyl sites for hydroxylation is 1. The average molecular weight is 372 g/mol. The molecule has 2 N–H and O–H groups in total. The summed E-state index contributed by atoms with van der Waals surface area (Å²) in [5, 5.41) is 4.17. The second-order valence-corrected chi connectivity index (χ2v) is 6.96. The van der Waals surface area contributed by atoms with E-state index in [1.165, 1.54) is 28.6 Å². The van der Waals surface area contributed by atoms with Crippen molar-refractivity contribution in [1.29, 1.82) is 0 Å². The van der Waals surface area contributed by atoms with Gasteiger partial charge in [-0.25, -0.2) is 4.39 Å². The standard InChI is InChI=1S/C24H21FN2O/c1-16-5-10-23-22(13-16)20(15-27-23)11-12-26-24(28)18-8-6-17(7-9-18)19-3-2-4-21(25)14-19/h2-10,13-15,27H,11-12H2,1H3,(H,26,28).